The third-order valence-corrected chi connectivity index (χ3v) is 4.83. The van der Waals surface area contributed by atoms with Crippen molar-refractivity contribution in [3.63, 3.8) is 0 Å². The summed E-state index contributed by atoms with van der Waals surface area (Å²) < 4.78 is 1.10. The van der Waals surface area contributed by atoms with Crippen LogP contribution in [0.25, 0.3) is 0 Å². The number of nitrogens with zero attached hydrogens (tertiary/aromatic N) is 1. The van der Waals surface area contributed by atoms with Gasteiger partial charge in [-0.05, 0) is 29.0 Å². The van der Waals surface area contributed by atoms with Crippen LogP contribution in [0.4, 0.5) is 0 Å². The van der Waals surface area contributed by atoms with E-state index < -0.39 is 0 Å². The van der Waals surface area contributed by atoms with Crippen molar-refractivity contribution >= 4 is 35.3 Å². The third kappa shape index (κ3) is 1.89. The van der Waals surface area contributed by atoms with E-state index in [-0.39, 0.29) is 11.8 Å². The highest BCUT2D eigenvalue weighted by molar-refractivity contribution is 8.27. The second-order valence-corrected chi connectivity index (χ2v) is 5.95. The zero-order chi connectivity index (χ0) is 12.5. The Bertz CT molecular complexity index is 547. The Morgan fingerprint density at radius 1 is 1.00 bits per heavy atom. The first-order chi connectivity index (χ1) is 8.77. The fourth-order valence-corrected chi connectivity index (χ4v) is 3.49. The van der Waals surface area contributed by atoms with Gasteiger partial charge in [-0.15, -0.1) is 0 Å². The van der Waals surface area contributed by atoms with Crippen LogP contribution in [0.5, 0.6) is 0 Å². The highest BCUT2D eigenvalue weighted by Crippen LogP contribution is 2.37. The summed E-state index contributed by atoms with van der Waals surface area (Å²) in [4.78, 5) is 25.4. The Hall–Kier alpha value is -1.46. The standard InChI is InChI=1S/C13H9NO2S2/c15-12-9-3-1-2-4-10(9)13(16)14(12)6-5-11-17-7-8-18-11/h1-5,7-8H,6H2. The average Bonchev–Trinajstić information content (AvgIpc) is 2.98. The van der Waals surface area contributed by atoms with Crippen molar-refractivity contribution in [3.8, 4) is 0 Å². The molecule has 5 heteroatoms. The summed E-state index contributed by atoms with van der Waals surface area (Å²) in [6.07, 6.45) is 1.91. The Morgan fingerprint density at radius 2 is 1.56 bits per heavy atom. The topological polar surface area (TPSA) is 37.4 Å². The van der Waals surface area contributed by atoms with Crippen LogP contribution in [0, 0.1) is 0 Å². The van der Waals surface area contributed by atoms with E-state index in [9.17, 15) is 9.59 Å². The van der Waals surface area contributed by atoms with Gasteiger partial charge in [0, 0.05) is 10.8 Å². The molecule has 2 aliphatic rings. The second-order valence-electron chi connectivity index (χ2n) is 3.80. The van der Waals surface area contributed by atoms with Gasteiger partial charge in [0.15, 0.2) is 0 Å². The van der Waals surface area contributed by atoms with Crippen LogP contribution in [-0.4, -0.2) is 23.3 Å². The number of carbonyl (C=O) groups is 2. The van der Waals surface area contributed by atoms with E-state index in [4.69, 9.17) is 0 Å². The van der Waals surface area contributed by atoms with Gasteiger partial charge in [-0.2, -0.15) is 0 Å². The number of imide groups is 1. The van der Waals surface area contributed by atoms with Gasteiger partial charge in [-0.1, -0.05) is 35.7 Å². The summed E-state index contributed by atoms with van der Waals surface area (Å²) >= 11 is 3.21. The molecule has 18 heavy (non-hydrogen) atoms. The molecule has 0 N–H and O–H groups in total. The molecule has 0 unspecified atom stereocenters. The van der Waals surface area contributed by atoms with E-state index in [0.717, 1.165) is 4.24 Å². The summed E-state index contributed by atoms with van der Waals surface area (Å²) in [5, 5.41) is 3.97. The Morgan fingerprint density at radius 3 is 2.11 bits per heavy atom. The molecule has 0 atom stereocenters. The minimum Gasteiger partial charge on any atom is -0.270 e. The van der Waals surface area contributed by atoms with Crippen LogP contribution in [0.1, 0.15) is 20.7 Å². The molecule has 0 radical (unpaired) electrons. The van der Waals surface area contributed by atoms with Gasteiger partial charge in [0.1, 0.15) is 0 Å². The first-order valence-electron chi connectivity index (χ1n) is 5.41. The molecule has 0 aromatic heterocycles. The van der Waals surface area contributed by atoms with Crippen LogP contribution in [0.15, 0.2) is 45.4 Å². The largest absolute Gasteiger partial charge is 0.270 e. The normalized spacial score (nSPS) is 17.6. The van der Waals surface area contributed by atoms with E-state index in [0.29, 0.717) is 17.7 Å². The molecule has 3 rings (SSSR count). The maximum absolute atomic E-state index is 12.1. The molecule has 1 aromatic rings. The summed E-state index contributed by atoms with van der Waals surface area (Å²) in [7, 11) is 0. The van der Waals surface area contributed by atoms with Gasteiger partial charge < -0.3 is 0 Å². The minimum absolute atomic E-state index is 0.201. The fraction of sp³-hybridized carbons (Fsp3) is 0.0769. The van der Waals surface area contributed by atoms with Crippen molar-refractivity contribution in [2.45, 2.75) is 0 Å². The molecule has 0 saturated carbocycles. The molecule has 0 saturated heterocycles. The first kappa shape index (κ1) is 11.6. The molecule has 2 heterocycles. The van der Waals surface area contributed by atoms with Crippen LogP contribution in [-0.2, 0) is 0 Å². The molecule has 0 spiro atoms. The summed E-state index contributed by atoms with van der Waals surface area (Å²) in [6, 6.07) is 6.95. The van der Waals surface area contributed by atoms with Crippen molar-refractivity contribution in [2.75, 3.05) is 6.54 Å². The molecule has 0 fully saturated rings. The molecule has 2 amide bonds. The maximum atomic E-state index is 12.1. The molecule has 0 aliphatic carbocycles. The smallest absolute Gasteiger partial charge is 0.261 e. The number of benzene rings is 1. The summed E-state index contributed by atoms with van der Waals surface area (Å²) in [5.41, 5.74) is 1.01. The number of thioether (sulfide) groups is 2. The van der Waals surface area contributed by atoms with Gasteiger partial charge in [-0.3, -0.25) is 14.5 Å². The van der Waals surface area contributed by atoms with Crippen LogP contribution >= 0.6 is 23.5 Å². The average molecular weight is 275 g/mol. The van der Waals surface area contributed by atoms with Gasteiger partial charge in [0.2, 0.25) is 0 Å². The lowest BCUT2D eigenvalue weighted by molar-refractivity contribution is 0.0672. The number of rotatable bonds is 2. The van der Waals surface area contributed by atoms with Crippen molar-refractivity contribution in [3.05, 3.63) is 56.5 Å². The molecule has 3 nitrogen and oxygen atoms in total. The quantitative estimate of drug-likeness (QED) is 0.777. The Kier molecular flexibility index (Phi) is 3.01. The Labute approximate surface area is 113 Å². The van der Waals surface area contributed by atoms with Crippen molar-refractivity contribution < 1.29 is 9.59 Å². The highest BCUT2D eigenvalue weighted by Gasteiger charge is 2.34. The molecule has 90 valence electrons. The predicted molar refractivity (Wildman–Crippen MR) is 74.2 cm³/mol. The second kappa shape index (κ2) is 4.66. The third-order valence-electron chi connectivity index (χ3n) is 2.74. The number of hydrogen-bond acceptors (Lipinski definition) is 4. The van der Waals surface area contributed by atoms with Gasteiger partial charge in [0.05, 0.1) is 11.1 Å². The van der Waals surface area contributed by atoms with Gasteiger partial charge in [0.25, 0.3) is 11.8 Å². The number of carbonyl (C=O) groups excluding carboxylic acids is 2. The number of fused-ring (bicyclic) bond motifs is 1. The van der Waals surface area contributed by atoms with E-state index in [1.165, 1.54) is 4.90 Å². The monoisotopic (exact) mass is 275 g/mol. The van der Waals surface area contributed by atoms with Crippen LogP contribution in [0.2, 0.25) is 0 Å². The van der Waals surface area contributed by atoms with E-state index >= 15 is 0 Å². The van der Waals surface area contributed by atoms with E-state index in [1.807, 2.05) is 16.9 Å². The van der Waals surface area contributed by atoms with Crippen LogP contribution in [0.3, 0.4) is 0 Å². The zero-order valence-electron chi connectivity index (χ0n) is 9.33. The molecular weight excluding hydrogens is 266 g/mol. The minimum atomic E-state index is -0.201. The van der Waals surface area contributed by atoms with E-state index in [2.05, 4.69) is 0 Å². The summed E-state index contributed by atoms with van der Waals surface area (Å²) in [5.74, 6) is -0.401. The van der Waals surface area contributed by atoms with Crippen molar-refractivity contribution in [1.29, 1.82) is 0 Å². The maximum Gasteiger partial charge on any atom is 0.261 e. The fourth-order valence-electron chi connectivity index (χ4n) is 1.88. The lowest BCUT2D eigenvalue weighted by Gasteiger charge is -2.10. The van der Waals surface area contributed by atoms with Crippen molar-refractivity contribution in [2.24, 2.45) is 0 Å². The molecule has 2 aliphatic heterocycles. The van der Waals surface area contributed by atoms with Gasteiger partial charge >= 0.3 is 0 Å². The molecule has 1 aromatic carbocycles. The summed E-state index contributed by atoms with van der Waals surface area (Å²) in [6.45, 7) is 0.337. The zero-order valence-corrected chi connectivity index (χ0v) is 11.0. The van der Waals surface area contributed by atoms with Crippen LogP contribution < -0.4 is 0 Å². The van der Waals surface area contributed by atoms with E-state index in [1.54, 1.807) is 47.8 Å². The predicted octanol–water partition coefficient (Wildman–Crippen LogP) is 3.08. The SMILES string of the molecule is O=C1c2ccccc2C(=O)N1CC=C1SC=CS1. The Balaban J connectivity index is 1.82. The number of amides is 2. The first-order valence-corrected chi connectivity index (χ1v) is 7.17. The molecule has 0 bridgehead atoms. The van der Waals surface area contributed by atoms with Crippen molar-refractivity contribution in [1.82, 2.24) is 4.90 Å². The lowest BCUT2D eigenvalue weighted by Crippen LogP contribution is -2.29. The lowest BCUT2D eigenvalue weighted by atomic mass is 10.1. The molecular formula is C13H9NO2S2. The number of hydrogen-bond donors (Lipinski definition) is 0. The highest BCUT2D eigenvalue weighted by atomic mass is 32.2. The van der Waals surface area contributed by atoms with Gasteiger partial charge in [-0.25, -0.2) is 0 Å².